The van der Waals surface area contributed by atoms with Crippen LogP contribution in [0.2, 0.25) is 0 Å². The third kappa shape index (κ3) is 2.63. The highest BCUT2D eigenvalue weighted by molar-refractivity contribution is 5.81. The molecule has 2 heteroatoms. The first-order valence-corrected chi connectivity index (χ1v) is 6.41. The lowest BCUT2D eigenvalue weighted by atomic mass is 9.91. The van der Waals surface area contributed by atoms with Gasteiger partial charge in [0.25, 0.3) is 0 Å². The van der Waals surface area contributed by atoms with E-state index < -0.39 is 0 Å². The molecule has 0 N–H and O–H groups in total. The van der Waals surface area contributed by atoms with Gasteiger partial charge >= 0.3 is 5.97 Å². The highest BCUT2D eigenvalue weighted by Crippen LogP contribution is 2.58. The molecule has 1 fully saturated rings. The number of esters is 1. The second-order valence-electron chi connectivity index (χ2n) is 5.48. The van der Waals surface area contributed by atoms with Gasteiger partial charge in [0, 0.05) is 11.5 Å². The first kappa shape index (κ1) is 12.9. The van der Waals surface area contributed by atoms with Crippen LogP contribution < -0.4 is 0 Å². The summed E-state index contributed by atoms with van der Waals surface area (Å²) in [6.45, 7) is 8.35. The van der Waals surface area contributed by atoms with Gasteiger partial charge in [-0.1, -0.05) is 50.8 Å². The van der Waals surface area contributed by atoms with Crippen molar-refractivity contribution in [2.75, 3.05) is 6.61 Å². The van der Waals surface area contributed by atoms with Crippen LogP contribution in [-0.4, -0.2) is 12.6 Å². The van der Waals surface area contributed by atoms with Crippen LogP contribution in [0.15, 0.2) is 43.0 Å². The molecule has 1 aromatic rings. The van der Waals surface area contributed by atoms with Gasteiger partial charge in [0.15, 0.2) is 0 Å². The zero-order valence-corrected chi connectivity index (χ0v) is 11.1. The standard InChI is InChI=1S/C16H20O2/c1-4-15(17)18-11-16(3)10-14(16)12(2)13-8-6-5-7-9-13/h4-9,12,14H,1,10-11H2,2-3H3/t12-,14?,16?/m1/s1. The second-order valence-corrected chi connectivity index (χ2v) is 5.48. The van der Waals surface area contributed by atoms with Gasteiger partial charge in [-0.3, -0.25) is 0 Å². The Bertz CT molecular complexity index is 438. The molecule has 1 saturated carbocycles. The van der Waals surface area contributed by atoms with Crippen LogP contribution in [0, 0.1) is 11.3 Å². The Morgan fingerprint density at radius 3 is 2.83 bits per heavy atom. The summed E-state index contributed by atoms with van der Waals surface area (Å²) in [5.74, 6) is 0.783. The Hall–Kier alpha value is -1.57. The van der Waals surface area contributed by atoms with Gasteiger partial charge in [0.05, 0.1) is 6.61 Å². The van der Waals surface area contributed by atoms with E-state index in [1.807, 2.05) is 6.07 Å². The normalized spacial score (nSPS) is 27.3. The van der Waals surface area contributed by atoms with Crippen molar-refractivity contribution < 1.29 is 9.53 Å². The number of benzene rings is 1. The van der Waals surface area contributed by atoms with Gasteiger partial charge in [-0.15, -0.1) is 0 Å². The van der Waals surface area contributed by atoms with E-state index in [0.717, 1.165) is 6.42 Å². The minimum absolute atomic E-state index is 0.133. The maximum atomic E-state index is 11.1. The lowest BCUT2D eigenvalue weighted by molar-refractivity contribution is -0.139. The summed E-state index contributed by atoms with van der Waals surface area (Å²) in [5, 5.41) is 0. The third-order valence-electron chi connectivity index (χ3n) is 4.06. The molecule has 2 unspecified atom stereocenters. The molecule has 96 valence electrons. The van der Waals surface area contributed by atoms with Crippen molar-refractivity contribution >= 4 is 5.97 Å². The van der Waals surface area contributed by atoms with Crippen molar-refractivity contribution in [2.24, 2.45) is 11.3 Å². The van der Waals surface area contributed by atoms with Crippen molar-refractivity contribution in [1.82, 2.24) is 0 Å². The summed E-state index contributed by atoms with van der Waals surface area (Å²) < 4.78 is 5.18. The molecule has 1 aliphatic carbocycles. The van der Waals surface area contributed by atoms with E-state index in [-0.39, 0.29) is 11.4 Å². The zero-order valence-electron chi connectivity index (χ0n) is 11.1. The average Bonchev–Trinajstić information content (AvgIpc) is 3.09. The first-order valence-electron chi connectivity index (χ1n) is 6.41. The molecule has 18 heavy (non-hydrogen) atoms. The molecule has 1 aliphatic rings. The van der Waals surface area contributed by atoms with E-state index in [0.29, 0.717) is 18.4 Å². The number of carbonyl (C=O) groups is 1. The Kier molecular flexibility index (Phi) is 3.55. The van der Waals surface area contributed by atoms with Crippen molar-refractivity contribution in [1.29, 1.82) is 0 Å². The van der Waals surface area contributed by atoms with Crippen LogP contribution in [0.4, 0.5) is 0 Å². The van der Waals surface area contributed by atoms with Crippen molar-refractivity contribution in [3.63, 3.8) is 0 Å². The largest absolute Gasteiger partial charge is 0.462 e. The summed E-state index contributed by atoms with van der Waals surface area (Å²) >= 11 is 0. The highest BCUT2D eigenvalue weighted by atomic mass is 16.5. The molecular weight excluding hydrogens is 224 g/mol. The zero-order chi connectivity index (χ0) is 13.2. The fourth-order valence-corrected chi connectivity index (χ4v) is 2.67. The summed E-state index contributed by atoms with van der Waals surface area (Å²) in [6, 6.07) is 10.5. The van der Waals surface area contributed by atoms with E-state index >= 15 is 0 Å². The minimum atomic E-state index is -0.325. The highest BCUT2D eigenvalue weighted by Gasteiger charge is 2.53. The predicted octanol–water partition coefficient (Wildman–Crippen LogP) is 3.55. The molecule has 0 radical (unpaired) electrons. The predicted molar refractivity (Wildman–Crippen MR) is 72.2 cm³/mol. The Labute approximate surface area is 109 Å². The topological polar surface area (TPSA) is 26.3 Å². The van der Waals surface area contributed by atoms with Gasteiger partial charge in [-0.25, -0.2) is 4.79 Å². The number of hydrogen-bond donors (Lipinski definition) is 0. The van der Waals surface area contributed by atoms with Gasteiger partial charge in [0.1, 0.15) is 0 Å². The quantitative estimate of drug-likeness (QED) is 0.585. The lowest BCUT2D eigenvalue weighted by Crippen LogP contribution is -2.14. The fraction of sp³-hybridized carbons (Fsp3) is 0.438. The maximum absolute atomic E-state index is 11.1. The molecule has 1 aromatic carbocycles. The van der Waals surface area contributed by atoms with Crippen LogP contribution >= 0.6 is 0 Å². The summed E-state index contributed by atoms with van der Waals surface area (Å²) in [7, 11) is 0. The minimum Gasteiger partial charge on any atom is -0.462 e. The van der Waals surface area contributed by atoms with Gasteiger partial charge in [-0.2, -0.15) is 0 Å². The Morgan fingerprint density at radius 2 is 2.22 bits per heavy atom. The smallest absolute Gasteiger partial charge is 0.330 e. The van der Waals surface area contributed by atoms with Crippen molar-refractivity contribution in [3.05, 3.63) is 48.6 Å². The van der Waals surface area contributed by atoms with Gasteiger partial charge < -0.3 is 4.74 Å². The summed E-state index contributed by atoms with van der Waals surface area (Å²) in [6.07, 6.45) is 2.34. The Morgan fingerprint density at radius 1 is 1.56 bits per heavy atom. The molecule has 0 bridgehead atoms. The molecule has 2 rings (SSSR count). The van der Waals surface area contributed by atoms with E-state index in [1.54, 1.807) is 0 Å². The molecule has 0 aromatic heterocycles. The SMILES string of the molecule is C=CC(=O)OCC1(C)CC1[C@H](C)c1ccccc1. The molecule has 2 nitrogen and oxygen atoms in total. The number of hydrogen-bond acceptors (Lipinski definition) is 2. The van der Waals surface area contributed by atoms with Crippen LogP contribution in [0.5, 0.6) is 0 Å². The van der Waals surface area contributed by atoms with Crippen LogP contribution in [0.1, 0.15) is 31.7 Å². The number of ether oxygens (including phenoxy) is 1. The van der Waals surface area contributed by atoms with Gasteiger partial charge in [0.2, 0.25) is 0 Å². The molecule has 3 atom stereocenters. The molecule has 0 amide bonds. The van der Waals surface area contributed by atoms with E-state index in [2.05, 4.69) is 44.7 Å². The molecule has 0 heterocycles. The molecule has 0 spiro atoms. The van der Waals surface area contributed by atoms with Crippen molar-refractivity contribution in [3.8, 4) is 0 Å². The van der Waals surface area contributed by atoms with E-state index in [9.17, 15) is 4.79 Å². The van der Waals surface area contributed by atoms with Crippen molar-refractivity contribution in [2.45, 2.75) is 26.2 Å². The molecule has 0 saturated heterocycles. The maximum Gasteiger partial charge on any atom is 0.330 e. The average molecular weight is 244 g/mol. The van der Waals surface area contributed by atoms with Crippen LogP contribution in [0.25, 0.3) is 0 Å². The number of rotatable bonds is 5. The fourth-order valence-electron chi connectivity index (χ4n) is 2.67. The summed E-state index contributed by atoms with van der Waals surface area (Å²) in [4.78, 5) is 11.1. The summed E-state index contributed by atoms with van der Waals surface area (Å²) in [5.41, 5.74) is 1.50. The monoisotopic (exact) mass is 244 g/mol. The third-order valence-corrected chi connectivity index (χ3v) is 4.06. The first-order chi connectivity index (χ1) is 8.57. The molecule has 0 aliphatic heterocycles. The molecular formula is C16H20O2. The van der Waals surface area contributed by atoms with Gasteiger partial charge in [-0.05, 0) is 23.8 Å². The van der Waals surface area contributed by atoms with Crippen LogP contribution in [0.3, 0.4) is 0 Å². The lowest BCUT2D eigenvalue weighted by Gasteiger charge is -2.16. The Balaban J connectivity index is 1.93. The van der Waals surface area contributed by atoms with Crippen LogP contribution in [-0.2, 0) is 9.53 Å². The van der Waals surface area contributed by atoms with E-state index in [1.165, 1.54) is 11.6 Å². The second kappa shape index (κ2) is 4.97. The number of carbonyl (C=O) groups excluding carboxylic acids is 1. The van der Waals surface area contributed by atoms with E-state index in [4.69, 9.17) is 4.74 Å².